The summed E-state index contributed by atoms with van der Waals surface area (Å²) < 4.78 is 0. The zero-order valence-electron chi connectivity index (χ0n) is 9.13. The Labute approximate surface area is 95.7 Å². The molecular weight excluding hydrogens is 196 g/mol. The molecule has 0 aliphatic rings. The van der Waals surface area contributed by atoms with Gasteiger partial charge in [0.2, 0.25) is 0 Å². The second-order valence-corrected chi connectivity index (χ2v) is 3.68. The van der Waals surface area contributed by atoms with Gasteiger partial charge in [-0.15, -0.1) is 0 Å². The highest BCUT2D eigenvalue weighted by Crippen LogP contribution is 2.15. The molecule has 0 saturated carbocycles. The highest BCUT2D eigenvalue weighted by Gasteiger charge is 2.00. The lowest BCUT2D eigenvalue weighted by molar-refractivity contribution is 1.00. The van der Waals surface area contributed by atoms with Gasteiger partial charge in [-0.25, -0.2) is 0 Å². The summed E-state index contributed by atoms with van der Waals surface area (Å²) in [4.78, 5) is 8.27. The van der Waals surface area contributed by atoms with Crippen molar-refractivity contribution in [2.24, 2.45) is 0 Å². The van der Waals surface area contributed by atoms with Gasteiger partial charge in [-0.2, -0.15) is 0 Å². The van der Waals surface area contributed by atoms with Gasteiger partial charge in [0, 0.05) is 12.4 Å². The van der Waals surface area contributed by atoms with E-state index in [1.54, 1.807) is 18.6 Å². The van der Waals surface area contributed by atoms with E-state index in [0.717, 1.165) is 24.1 Å². The van der Waals surface area contributed by atoms with Gasteiger partial charge in [-0.3, -0.25) is 9.97 Å². The molecule has 2 rings (SSSR count). The molecule has 0 unspecified atom stereocenters. The molecule has 0 spiro atoms. The van der Waals surface area contributed by atoms with Crippen molar-refractivity contribution in [1.82, 2.24) is 9.97 Å². The maximum absolute atomic E-state index is 4.23. The molecule has 0 aliphatic carbocycles. The van der Waals surface area contributed by atoms with Crippen LogP contribution in [0.3, 0.4) is 0 Å². The molecule has 1 aromatic heterocycles. The first kappa shape index (κ1) is 10.6. The molecule has 2 nitrogen and oxygen atoms in total. The van der Waals surface area contributed by atoms with E-state index in [0.29, 0.717) is 0 Å². The van der Waals surface area contributed by atoms with Crippen LogP contribution in [0.4, 0.5) is 0 Å². The fourth-order valence-electron chi connectivity index (χ4n) is 1.55. The summed E-state index contributed by atoms with van der Waals surface area (Å²) in [6.07, 6.45) is 7.04. The Morgan fingerprint density at radius 1 is 1.12 bits per heavy atom. The van der Waals surface area contributed by atoms with Crippen molar-refractivity contribution in [2.45, 2.75) is 12.8 Å². The van der Waals surface area contributed by atoms with Crippen LogP contribution < -0.4 is 0 Å². The number of aromatic nitrogens is 2. The maximum Gasteiger partial charge on any atom is 0.0839 e. The van der Waals surface area contributed by atoms with Gasteiger partial charge in [0.05, 0.1) is 11.9 Å². The molecular formula is C14H14N2. The molecule has 0 radical (unpaired) electrons. The number of hydrogen-bond acceptors (Lipinski definition) is 2. The predicted octanol–water partition coefficient (Wildman–Crippen LogP) is 3.12. The molecule has 0 atom stereocenters. The summed E-state index contributed by atoms with van der Waals surface area (Å²) in [5.74, 6) is 0. The Kier molecular flexibility index (Phi) is 3.44. The van der Waals surface area contributed by atoms with E-state index >= 15 is 0 Å². The van der Waals surface area contributed by atoms with Crippen LogP contribution in [-0.4, -0.2) is 9.97 Å². The summed E-state index contributed by atoms with van der Waals surface area (Å²) in [7, 11) is 0. The van der Waals surface area contributed by atoms with Gasteiger partial charge in [0.1, 0.15) is 0 Å². The molecule has 2 heteroatoms. The van der Waals surface area contributed by atoms with E-state index in [1.165, 1.54) is 5.56 Å². The number of nitrogens with zero attached hydrogens (tertiary/aromatic N) is 2. The Morgan fingerprint density at radius 2 is 1.94 bits per heavy atom. The van der Waals surface area contributed by atoms with Gasteiger partial charge < -0.3 is 0 Å². The molecule has 0 aliphatic heterocycles. The van der Waals surface area contributed by atoms with Crippen LogP contribution in [0, 0.1) is 0 Å². The number of hydrogen-bond donors (Lipinski definition) is 0. The summed E-state index contributed by atoms with van der Waals surface area (Å²) >= 11 is 0. The van der Waals surface area contributed by atoms with Crippen molar-refractivity contribution >= 4 is 5.57 Å². The second kappa shape index (κ2) is 5.21. The van der Waals surface area contributed by atoms with E-state index in [-0.39, 0.29) is 0 Å². The van der Waals surface area contributed by atoms with E-state index in [1.807, 2.05) is 6.07 Å². The van der Waals surface area contributed by atoms with Crippen molar-refractivity contribution in [1.29, 1.82) is 0 Å². The first-order valence-corrected chi connectivity index (χ1v) is 5.34. The van der Waals surface area contributed by atoms with Crippen LogP contribution in [0.15, 0.2) is 55.5 Å². The van der Waals surface area contributed by atoms with Crippen molar-refractivity contribution < 1.29 is 0 Å². The number of benzene rings is 1. The number of rotatable bonds is 4. The van der Waals surface area contributed by atoms with E-state index in [4.69, 9.17) is 0 Å². The minimum atomic E-state index is 0.887. The maximum atomic E-state index is 4.23. The van der Waals surface area contributed by atoms with Crippen LogP contribution in [0.5, 0.6) is 0 Å². The van der Waals surface area contributed by atoms with Gasteiger partial charge in [0.25, 0.3) is 0 Å². The Balaban J connectivity index is 1.95. The summed E-state index contributed by atoms with van der Waals surface area (Å²) in [5, 5.41) is 0. The third-order valence-electron chi connectivity index (χ3n) is 2.48. The van der Waals surface area contributed by atoms with Crippen molar-refractivity contribution in [3.8, 4) is 0 Å². The smallest absolute Gasteiger partial charge is 0.0839 e. The first-order valence-electron chi connectivity index (χ1n) is 5.34. The Bertz CT molecular complexity index is 449. The third-order valence-corrected chi connectivity index (χ3v) is 2.48. The van der Waals surface area contributed by atoms with Crippen LogP contribution in [-0.2, 0) is 6.42 Å². The zero-order valence-corrected chi connectivity index (χ0v) is 9.13. The molecule has 0 fully saturated rings. The second-order valence-electron chi connectivity index (χ2n) is 3.68. The number of allylic oxidation sites excluding steroid dienone is 1. The van der Waals surface area contributed by atoms with Crippen LogP contribution >= 0.6 is 0 Å². The molecule has 1 heterocycles. The summed E-state index contributed by atoms with van der Waals surface area (Å²) in [5.41, 5.74) is 3.25. The lowest BCUT2D eigenvalue weighted by Crippen LogP contribution is -1.91. The van der Waals surface area contributed by atoms with Crippen molar-refractivity contribution in [2.75, 3.05) is 0 Å². The van der Waals surface area contributed by atoms with Crippen molar-refractivity contribution in [3.05, 3.63) is 66.8 Å². The fourth-order valence-corrected chi connectivity index (χ4v) is 1.55. The topological polar surface area (TPSA) is 25.8 Å². The Morgan fingerprint density at radius 3 is 2.62 bits per heavy atom. The Hall–Kier alpha value is -1.96. The molecule has 0 saturated heterocycles. The van der Waals surface area contributed by atoms with E-state index in [9.17, 15) is 0 Å². The molecule has 16 heavy (non-hydrogen) atoms. The monoisotopic (exact) mass is 210 g/mol. The van der Waals surface area contributed by atoms with Gasteiger partial charge in [-0.1, -0.05) is 36.9 Å². The highest BCUT2D eigenvalue weighted by molar-refractivity contribution is 5.59. The minimum Gasteiger partial charge on any atom is -0.261 e. The summed E-state index contributed by atoms with van der Waals surface area (Å²) in [6, 6.07) is 10.4. The average molecular weight is 210 g/mol. The molecule has 2 aromatic rings. The fraction of sp³-hybridized carbons (Fsp3) is 0.143. The quantitative estimate of drug-likeness (QED) is 0.774. The van der Waals surface area contributed by atoms with Crippen LogP contribution in [0.25, 0.3) is 5.57 Å². The lowest BCUT2D eigenvalue weighted by atomic mass is 10.0. The minimum absolute atomic E-state index is 0.887. The number of aryl methyl sites for hydroxylation is 1. The van der Waals surface area contributed by atoms with Gasteiger partial charge >= 0.3 is 0 Å². The molecule has 1 aromatic carbocycles. The average Bonchev–Trinajstić information content (AvgIpc) is 2.38. The van der Waals surface area contributed by atoms with E-state index in [2.05, 4.69) is 40.8 Å². The highest BCUT2D eigenvalue weighted by atomic mass is 14.8. The molecule has 0 amide bonds. The van der Waals surface area contributed by atoms with Crippen LogP contribution in [0.1, 0.15) is 17.7 Å². The molecule has 0 N–H and O–H groups in total. The third kappa shape index (κ3) is 2.76. The lowest BCUT2D eigenvalue weighted by Gasteiger charge is -2.04. The van der Waals surface area contributed by atoms with Gasteiger partial charge in [0.15, 0.2) is 0 Å². The van der Waals surface area contributed by atoms with Crippen LogP contribution in [0.2, 0.25) is 0 Å². The van der Waals surface area contributed by atoms with Crippen molar-refractivity contribution in [3.63, 3.8) is 0 Å². The standard InChI is InChI=1S/C14H14N2/c1-12(14-11-15-9-10-16-14)7-8-13-5-3-2-4-6-13/h2-6,9-11H,1,7-8H2. The zero-order chi connectivity index (χ0) is 11.2. The first-order chi connectivity index (χ1) is 7.86. The largest absolute Gasteiger partial charge is 0.261 e. The molecule has 80 valence electrons. The molecule has 0 bridgehead atoms. The van der Waals surface area contributed by atoms with Gasteiger partial charge in [-0.05, 0) is 24.0 Å². The SMILES string of the molecule is C=C(CCc1ccccc1)c1cnccn1. The predicted molar refractivity (Wildman–Crippen MR) is 65.8 cm³/mol. The van der Waals surface area contributed by atoms with E-state index < -0.39 is 0 Å². The normalized spacial score (nSPS) is 10.0. The summed E-state index contributed by atoms with van der Waals surface area (Å²) in [6.45, 7) is 4.04.